The van der Waals surface area contributed by atoms with Crippen molar-refractivity contribution < 1.29 is 0 Å². The molecule has 2 rings (SSSR count). The molecule has 1 aliphatic carbocycles. The molecule has 0 radical (unpaired) electrons. The van der Waals surface area contributed by atoms with Crippen molar-refractivity contribution in [2.24, 2.45) is 11.7 Å². The maximum atomic E-state index is 9.28. The predicted molar refractivity (Wildman–Crippen MR) is 64.8 cm³/mol. The quantitative estimate of drug-likeness (QED) is 0.788. The van der Waals surface area contributed by atoms with E-state index in [4.69, 9.17) is 5.73 Å². The molecule has 16 heavy (non-hydrogen) atoms. The third-order valence-corrected chi connectivity index (χ3v) is 4.20. The second kappa shape index (κ2) is 4.73. The molecular formula is C13H23N3. The molecule has 2 fully saturated rings. The molecule has 1 aliphatic heterocycles. The average molecular weight is 221 g/mol. The first kappa shape index (κ1) is 11.9. The van der Waals surface area contributed by atoms with Gasteiger partial charge in [0.15, 0.2) is 0 Å². The highest BCUT2D eigenvalue weighted by Crippen LogP contribution is 2.39. The highest BCUT2D eigenvalue weighted by atomic mass is 15.2. The summed E-state index contributed by atoms with van der Waals surface area (Å²) in [5, 5.41) is 9.28. The summed E-state index contributed by atoms with van der Waals surface area (Å²) in [6.07, 6.45) is 7.36. The smallest absolute Gasteiger partial charge is 0.119 e. The van der Waals surface area contributed by atoms with Crippen molar-refractivity contribution in [3.63, 3.8) is 0 Å². The molecular weight excluding hydrogens is 198 g/mol. The van der Waals surface area contributed by atoms with Gasteiger partial charge in [0.2, 0.25) is 0 Å². The van der Waals surface area contributed by atoms with Crippen LogP contribution in [0.3, 0.4) is 0 Å². The Bertz CT molecular complexity index is 279. The van der Waals surface area contributed by atoms with Crippen molar-refractivity contribution >= 4 is 0 Å². The lowest BCUT2D eigenvalue weighted by molar-refractivity contribution is 0.118. The fraction of sp³-hybridized carbons (Fsp3) is 0.923. The maximum absolute atomic E-state index is 9.28. The Morgan fingerprint density at radius 1 is 1.38 bits per heavy atom. The van der Waals surface area contributed by atoms with Gasteiger partial charge in [0, 0.05) is 12.6 Å². The van der Waals surface area contributed by atoms with Crippen LogP contribution in [0.2, 0.25) is 0 Å². The SMILES string of the molecule is CCC1CCCCN1CC(N)(C#N)C1CC1. The Kier molecular flexibility index (Phi) is 3.51. The average Bonchev–Trinajstić information content (AvgIpc) is 3.14. The first-order valence-electron chi connectivity index (χ1n) is 6.64. The molecule has 0 aromatic rings. The van der Waals surface area contributed by atoms with Crippen LogP contribution in [0.25, 0.3) is 0 Å². The van der Waals surface area contributed by atoms with Crippen LogP contribution in [0.15, 0.2) is 0 Å². The van der Waals surface area contributed by atoms with Crippen LogP contribution in [0.4, 0.5) is 0 Å². The monoisotopic (exact) mass is 221 g/mol. The Morgan fingerprint density at radius 3 is 2.69 bits per heavy atom. The van der Waals surface area contributed by atoms with E-state index in [1.807, 2.05) is 0 Å². The highest BCUT2D eigenvalue weighted by Gasteiger charge is 2.44. The van der Waals surface area contributed by atoms with Gasteiger partial charge in [-0.05, 0) is 44.6 Å². The summed E-state index contributed by atoms with van der Waals surface area (Å²) < 4.78 is 0. The number of likely N-dealkylation sites (tertiary alicyclic amines) is 1. The third-order valence-electron chi connectivity index (χ3n) is 4.20. The van der Waals surface area contributed by atoms with E-state index in [1.54, 1.807) is 0 Å². The number of piperidine rings is 1. The fourth-order valence-corrected chi connectivity index (χ4v) is 2.92. The van der Waals surface area contributed by atoms with E-state index in [0.717, 1.165) is 25.9 Å². The van der Waals surface area contributed by atoms with Gasteiger partial charge in [-0.1, -0.05) is 13.3 Å². The van der Waals surface area contributed by atoms with Crippen molar-refractivity contribution in [1.82, 2.24) is 4.90 Å². The fourth-order valence-electron chi connectivity index (χ4n) is 2.92. The van der Waals surface area contributed by atoms with Crippen LogP contribution in [-0.4, -0.2) is 29.6 Å². The van der Waals surface area contributed by atoms with Crippen LogP contribution >= 0.6 is 0 Å². The van der Waals surface area contributed by atoms with E-state index in [-0.39, 0.29) is 0 Å². The standard InChI is InChI=1S/C13H23N3/c1-2-12-5-3-4-8-16(12)10-13(15,9-14)11-6-7-11/h11-12H,2-8,10,15H2,1H3. The molecule has 90 valence electrons. The first-order valence-corrected chi connectivity index (χ1v) is 6.64. The van der Waals surface area contributed by atoms with Gasteiger partial charge >= 0.3 is 0 Å². The lowest BCUT2D eigenvalue weighted by atomic mass is 9.92. The molecule has 1 heterocycles. The summed E-state index contributed by atoms with van der Waals surface area (Å²) in [6, 6.07) is 3.02. The molecule has 0 aromatic heterocycles. The lowest BCUT2D eigenvalue weighted by Gasteiger charge is -2.39. The van der Waals surface area contributed by atoms with E-state index >= 15 is 0 Å². The Balaban J connectivity index is 1.98. The van der Waals surface area contributed by atoms with Crippen LogP contribution in [-0.2, 0) is 0 Å². The number of nitrogens with two attached hydrogens (primary N) is 1. The summed E-state index contributed by atoms with van der Waals surface area (Å²) >= 11 is 0. The van der Waals surface area contributed by atoms with Gasteiger partial charge in [-0.25, -0.2) is 0 Å². The number of hydrogen-bond acceptors (Lipinski definition) is 3. The van der Waals surface area contributed by atoms with Gasteiger partial charge < -0.3 is 5.73 Å². The van der Waals surface area contributed by atoms with Crippen molar-refractivity contribution in [2.45, 2.75) is 57.0 Å². The third kappa shape index (κ3) is 2.39. The first-order chi connectivity index (χ1) is 7.69. The van der Waals surface area contributed by atoms with Crippen LogP contribution in [0, 0.1) is 17.2 Å². The van der Waals surface area contributed by atoms with Crippen LogP contribution < -0.4 is 5.73 Å². The summed E-state index contributed by atoms with van der Waals surface area (Å²) in [6.45, 7) is 4.16. The van der Waals surface area contributed by atoms with E-state index in [2.05, 4.69) is 17.9 Å². The predicted octanol–water partition coefficient (Wildman–Crippen LogP) is 1.88. The number of nitriles is 1. The van der Waals surface area contributed by atoms with Crippen molar-refractivity contribution in [2.75, 3.05) is 13.1 Å². The minimum atomic E-state index is -0.579. The molecule has 0 aromatic carbocycles. The molecule has 2 N–H and O–H groups in total. The number of hydrogen-bond donors (Lipinski definition) is 1. The molecule has 1 saturated heterocycles. The normalized spacial score (nSPS) is 30.7. The molecule has 0 bridgehead atoms. The molecule has 3 heteroatoms. The largest absolute Gasteiger partial charge is 0.312 e. The molecule has 2 aliphatic rings. The zero-order valence-electron chi connectivity index (χ0n) is 10.3. The van der Waals surface area contributed by atoms with Gasteiger partial charge in [-0.2, -0.15) is 5.26 Å². The van der Waals surface area contributed by atoms with Crippen LogP contribution in [0.1, 0.15) is 45.4 Å². The zero-order valence-corrected chi connectivity index (χ0v) is 10.3. The summed E-state index contributed by atoms with van der Waals surface area (Å²) in [5.41, 5.74) is 5.67. The Morgan fingerprint density at radius 2 is 2.12 bits per heavy atom. The second-order valence-corrected chi connectivity index (χ2v) is 5.45. The lowest BCUT2D eigenvalue weighted by Crippen LogP contribution is -2.54. The van der Waals surface area contributed by atoms with Crippen molar-refractivity contribution in [1.29, 1.82) is 5.26 Å². The highest BCUT2D eigenvalue weighted by molar-refractivity contribution is 5.15. The topological polar surface area (TPSA) is 53.0 Å². The van der Waals surface area contributed by atoms with Crippen molar-refractivity contribution in [3.8, 4) is 6.07 Å². The summed E-state index contributed by atoms with van der Waals surface area (Å²) in [7, 11) is 0. The number of rotatable bonds is 4. The second-order valence-electron chi connectivity index (χ2n) is 5.45. The van der Waals surface area contributed by atoms with Gasteiger partial charge in [0.25, 0.3) is 0 Å². The van der Waals surface area contributed by atoms with Gasteiger partial charge in [-0.15, -0.1) is 0 Å². The minimum Gasteiger partial charge on any atom is -0.312 e. The van der Waals surface area contributed by atoms with Gasteiger partial charge in [-0.3, -0.25) is 4.90 Å². The maximum Gasteiger partial charge on any atom is 0.119 e. The molecule has 2 unspecified atom stereocenters. The van der Waals surface area contributed by atoms with E-state index < -0.39 is 5.54 Å². The van der Waals surface area contributed by atoms with E-state index in [1.165, 1.54) is 25.7 Å². The Hall–Kier alpha value is -0.590. The van der Waals surface area contributed by atoms with Crippen LogP contribution in [0.5, 0.6) is 0 Å². The van der Waals surface area contributed by atoms with E-state index in [0.29, 0.717) is 12.0 Å². The number of nitrogens with zero attached hydrogens (tertiary/aromatic N) is 2. The Labute approximate surface area is 98.6 Å². The van der Waals surface area contributed by atoms with E-state index in [9.17, 15) is 5.26 Å². The van der Waals surface area contributed by atoms with Gasteiger partial charge in [0.05, 0.1) is 6.07 Å². The van der Waals surface area contributed by atoms with Crippen molar-refractivity contribution in [3.05, 3.63) is 0 Å². The molecule has 0 amide bonds. The minimum absolute atomic E-state index is 0.455. The molecule has 0 spiro atoms. The molecule has 3 nitrogen and oxygen atoms in total. The molecule has 1 saturated carbocycles. The molecule has 2 atom stereocenters. The zero-order chi connectivity index (χ0) is 11.6. The summed E-state index contributed by atoms with van der Waals surface area (Å²) in [5.74, 6) is 0.455. The van der Waals surface area contributed by atoms with Gasteiger partial charge in [0.1, 0.15) is 5.54 Å². The summed E-state index contributed by atoms with van der Waals surface area (Å²) in [4.78, 5) is 2.46.